The van der Waals surface area contributed by atoms with Crippen molar-refractivity contribution in [3.8, 4) is 0 Å². The molecule has 1 aliphatic rings. The summed E-state index contributed by atoms with van der Waals surface area (Å²) in [5.74, 6) is 0.383. The molecular weight excluding hydrogens is 416 g/mol. The number of nitrogens with zero attached hydrogens (tertiary/aromatic N) is 3. The summed E-state index contributed by atoms with van der Waals surface area (Å²) in [4.78, 5) is 32.8. The molecule has 0 atom stereocenters. The first-order valence-corrected chi connectivity index (χ1v) is 11.8. The fourth-order valence-electron chi connectivity index (χ4n) is 3.29. The lowest BCUT2D eigenvalue weighted by Crippen LogP contribution is -2.29. The molecule has 0 saturated carbocycles. The number of anilines is 1. The van der Waals surface area contributed by atoms with Crippen molar-refractivity contribution in [3.63, 3.8) is 0 Å². The van der Waals surface area contributed by atoms with Gasteiger partial charge in [-0.15, -0.1) is 0 Å². The number of hydrogen-bond donors (Lipinski definition) is 1. The Morgan fingerprint density at radius 3 is 2.67 bits per heavy atom. The van der Waals surface area contributed by atoms with Crippen LogP contribution in [0.25, 0.3) is 11.7 Å². The van der Waals surface area contributed by atoms with Crippen LogP contribution >= 0.6 is 24.0 Å². The molecule has 2 aromatic rings. The van der Waals surface area contributed by atoms with E-state index in [0.717, 1.165) is 45.1 Å². The van der Waals surface area contributed by atoms with Crippen molar-refractivity contribution >= 4 is 51.7 Å². The molecular formula is C22H28N4O2S2. The van der Waals surface area contributed by atoms with Crippen LogP contribution in [0.3, 0.4) is 0 Å². The highest BCUT2D eigenvalue weighted by Gasteiger charge is 2.32. The first kappa shape index (κ1) is 22.5. The van der Waals surface area contributed by atoms with Crippen LogP contribution in [-0.4, -0.2) is 37.6 Å². The molecule has 1 aliphatic heterocycles. The largest absolute Gasteiger partial charge is 0.369 e. The van der Waals surface area contributed by atoms with Gasteiger partial charge < -0.3 is 5.32 Å². The van der Waals surface area contributed by atoms with Crippen molar-refractivity contribution < 1.29 is 4.79 Å². The molecule has 0 aromatic carbocycles. The number of carbonyl (C=O) groups is 1. The number of pyridine rings is 1. The SMILES string of the molecule is CCCCCNc1nc2ccccn2c(=O)c1/C=C1/SC(=S)N(CCCCC)C1=O. The quantitative estimate of drug-likeness (QED) is 0.326. The Bertz CT molecular complexity index is 1020. The van der Waals surface area contributed by atoms with Gasteiger partial charge in [-0.2, -0.15) is 0 Å². The molecule has 2 aromatic heterocycles. The minimum absolute atomic E-state index is 0.129. The van der Waals surface area contributed by atoms with Crippen molar-refractivity contribution in [1.29, 1.82) is 0 Å². The summed E-state index contributed by atoms with van der Waals surface area (Å²) < 4.78 is 2.05. The van der Waals surface area contributed by atoms with Gasteiger partial charge in [0.1, 0.15) is 15.8 Å². The van der Waals surface area contributed by atoms with Crippen LogP contribution in [0.5, 0.6) is 0 Å². The van der Waals surface area contributed by atoms with Gasteiger partial charge in [0.15, 0.2) is 0 Å². The molecule has 0 bridgehead atoms. The van der Waals surface area contributed by atoms with Crippen molar-refractivity contribution in [2.24, 2.45) is 0 Å². The highest BCUT2D eigenvalue weighted by Crippen LogP contribution is 2.33. The summed E-state index contributed by atoms with van der Waals surface area (Å²) in [7, 11) is 0. The summed E-state index contributed by atoms with van der Waals surface area (Å²) in [6, 6.07) is 5.45. The lowest BCUT2D eigenvalue weighted by atomic mass is 10.2. The van der Waals surface area contributed by atoms with Crippen LogP contribution in [0.1, 0.15) is 57.9 Å². The topological polar surface area (TPSA) is 66.7 Å². The molecule has 0 radical (unpaired) electrons. The van der Waals surface area contributed by atoms with E-state index < -0.39 is 0 Å². The van der Waals surface area contributed by atoms with Crippen molar-refractivity contribution in [3.05, 3.63) is 45.2 Å². The predicted octanol–water partition coefficient (Wildman–Crippen LogP) is 4.69. The molecule has 0 aliphatic carbocycles. The monoisotopic (exact) mass is 444 g/mol. The first-order valence-electron chi connectivity index (χ1n) is 10.6. The minimum atomic E-state index is -0.199. The average molecular weight is 445 g/mol. The second-order valence-electron chi connectivity index (χ2n) is 7.28. The van der Waals surface area contributed by atoms with Crippen LogP contribution in [0.15, 0.2) is 34.1 Å². The van der Waals surface area contributed by atoms with Gasteiger partial charge in [0, 0.05) is 19.3 Å². The van der Waals surface area contributed by atoms with E-state index in [2.05, 4.69) is 24.1 Å². The molecule has 3 heterocycles. The standard InChI is InChI=1S/C22H28N4O2S2/c1-3-5-8-12-23-19-16(20(27)25-13-10-7-11-18(25)24-19)15-17-21(28)26(22(29)30-17)14-9-6-4-2/h7,10-11,13,15,23H,3-6,8-9,12,14H2,1-2H3/b17-15+. The fourth-order valence-corrected chi connectivity index (χ4v) is 4.58. The van der Waals surface area contributed by atoms with Crippen LogP contribution in [0, 0.1) is 0 Å². The van der Waals surface area contributed by atoms with Gasteiger partial charge in [0.25, 0.3) is 11.5 Å². The second-order valence-corrected chi connectivity index (χ2v) is 8.96. The van der Waals surface area contributed by atoms with Crippen molar-refractivity contribution in [2.45, 2.75) is 52.4 Å². The number of unbranched alkanes of at least 4 members (excludes halogenated alkanes) is 4. The summed E-state index contributed by atoms with van der Waals surface area (Å²) >= 11 is 6.67. The van der Waals surface area contributed by atoms with Gasteiger partial charge in [-0.05, 0) is 31.1 Å². The molecule has 6 nitrogen and oxygen atoms in total. The Hall–Kier alpha value is -2.19. The van der Waals surface area contributed by atoms with Gasteiger partial charge in [-0.1, -0.05) is 69.6 Å². The Kier molecular flexibility index (Phi) is 8.04. The van der Waals surface area contributed by atoms with Crippen LogP contribution < -0.4 is 10.9 Å². The maximum Gasteiger partial charge on any atom is 0.267 e. The van der Waals surface area contributed by atoms with Crippen LogP contribution in [0.2, 0.25) is 0 Å². The van der Waals surface area contributed by atoms with E-state index in [9.17, 15) is 9.59 Å². The van der Waals surface area contributed by atoms with Crippen LogP contribution in [-0.2, 0) is 4.79 Å². The third-order valence-corrected chi connectivity index (χ3v) is 6.35. The third kappa shape index (κ3) is 5.10. The normalized spacial score (nSPS) is 15.5. The predicted molar refractivity (Wildman–Crippen MR) is 129 cm³/mol. The molecule has 1 N–H and O–H groups in total. The lowest BCUT2D eigenvalue weighted by Gasteiger charge is -2.13. The van der Waals surface area contributed by atoms with Crippen LogP contribution in [0.4, 0.5) is 5.82 Å². The highest BCUT2D eigenvalue weighted by molar-refractivity contribution is 8.26. The summed E-state index contributed by atoms with van der Waals surface area (Å²) in [6.07, 6.45) is 9.60. The number of rotatable bonds is 10. The number of fused-ring (bicyclic) bond motifs is 1. The average Bonchev–Trinajstić information content (AvgIpc) is 3.01. The third-order valence-electron chi connectivity index (χ3n) is 4.98. The van der Waals surface area contributed by atoms with E-state index in [0.29, 0.717) is 32.8 Å². The molecule has 1 fully saturated rings. The number of aromatic nitrogens is 2. The zero-order valence-electron chi connectivity index (χ0n) is 17.5. The number of nitrogens with one attached hydrogen (secondary N) is 1. The molecule has 0 unspecified atom stereocenters. The van der Waals surface area contributed by atoms with Gasteiger partial charge >= 0.3 is 0 Å². The molecule has 3 rings (SSSR count). The highest BCUT2D eigenvalue weighted by atomic mass is 32.2. The fraction of sp³-hybridized carbons (Fsp3) is 0.455. The van der Waals surface area contributed by atoms with Crippen molar-refractivity contribution in [1.82, 2.24) is 14.3 Å². The minimum Gasteiger partial charge on any atom is -0.369 e. The number of thiocarbonyl (C=S) groups is 1. The summed E-state index contributed by atoms with van der Waals surface area (Å²) in [6.45, 7) is 5.61. The smallest absolute Gasteiger partial charge is 0.267 e. The molecule has 1 amide bonds. The maximum atomic E-state index is 13.2. The number of hydrogen-bond acceptors (Lipinski definition) is 6. The second kappa shape index (κ2) is 10.7. The maximum absolute atomic E-state index is 13.2. The first-order chi connectivity index (χ1) is 14.6. The number of carbonyl (C=O) groups excluding carboxylic acids is 1. The molecule has 0 spiro atoms. The number of amides is 1. The van der Waals surface area contributed by atoms with Gasteiger partial charge in [0.05, 0.1) is 10.5 Å². The van der Waals surface area contributed by atoms with Gasteiger partial charge in [0.2, 0.25) is 0 Å². The van der Waals surface area contributed by atoms with E-state index in [1.54, 1.807) is 29.3 Å². The molecule has 160 valence electrons. The van der Waals surface area contributed by atoms with Crippen molar-refractivity contribution in [2.75, 3.05) is 18.4 Å². The van der Waals surface area contributed by atoms with Gasteiger partial charge in [-0.25, -0.2) is 4.98 Å². The Labute approximate surface area is 186 Å². The van der Waals surface area contributed by atoms with E-state index in [4.69, 9.17) is 12.2 Å². The molecule has 30 heavy (non-hydrogen) atoms. The Morgan fingerprint density at radius 1 is 1.13 bits per heavy atom. The van der Waals surface area contributed by atoms with E-state index in [1.165, 1.54) is 16.2 Å². The lowest BCUT2D eigenvalue weighted by molar-refractivity contribution is -0.122. The zero-order valence-corrected chi connectivity index (χ0v) is 19.2. The summed E-state index contributed by atoms with van der Waals surface area (Å²) in [5.41, 5.74) is 0.767. The van der Waals surface area contributed by atoms with E-state index in [1.807, 2.05) is 6.07 Å². The van der Waals surface area contributed by atoms with E-state index in [-0.39, 0.29) is 11.5 Å². The summed E-state index contributed by atoms with van der Waals surface area (Å²) in [5, 5.41) is 3.30. The Morgan fingerprint density at radius 2 is 1.90 bits per heavy atom. The Balaban J connectivity index is 1.95. The number of thioether (sulfide) groups is 1. The zero-order chi connectivity index (χ0) is 21.5. The van der Waals surface area contributed by atoms with Gasteiger partial charge in [-0.3, -0.25) is 18.9 Å². The molecule has 1 saturated heterocycles. The molecule has 8 heteroatoms. The van der Waals surface area contributed by atoms with E-state index >= 15 is 0 Å².